The van der Waals surface area contributed by atoms with Gasteiger partial charge in [0.25, 0.3) is 0 Å². The highest BCUT2D eigenvalue weighted by atomic mass is 29.3. The summed E-state index contributed by atoms with van der Waals surface area (Å²) in [5, 5.41) is 4.52. The van der Waals surface area contributed by atoms with Crippen LogP contribution in [0.15, 0.2) is 91.0 Å². The van der Waals surface area contributed by atoms with E-state index in [2.05, 4.69) is 109 Å². The molecule has 0 aliphatic carbocycles. The van der Waals surface area contributed by atoms with Gasteiger partial charge in [-0.3, -0.25) is 0 Å². The number of hydrogen-bond acceptors (Lipinski definition) is 2. The molecule has 4 heteroatoms. The number of benzene rings is 3. The predicted octanol–water partition coefficient (Wildman–Crippen LogP) is 2.73. The van der Waals surface area contributed by atoms with Crippen molar-refractivity contribution < 1.29 is 4.74 Å². The van der Waals surface area contributed by atoms with E-state index in [0.717, 1.165) is 19.9 Å². The summed E-state index contributed by atoms with van der Waals surface area (Å²) < 4.78 is 8.50. The van der Waals surface area contributed by atoms with Gasteiger partial charge < -0.3 is 9.30 Å². The van der Waals surface area contributed by atoms with Crippen LogP contribution in [-0.4, -0.2) is 39.8 Å². The van der Waals surface area contributed by atoms with Crippen LogP contribution in [0.3, 0.4) is 0 Å². The van der Waals surface area contributed by atoms with Gasteiger partial charge in [-0.25, -0.2) is 0 Å². The molecule has 4 rings (SSSR count). The minimum atomic E-state index is -2.23. The maximum absolute atomic E-state index is 5.83. The Bertz CT molecular complexity index is 766. The molecule has 0 atom stereocenters. The van der Waals surface area contributed by atoms with Gasteiger partial charge in [0.15, 0.2) is 7.59 Å². The molecule has 1 aliphatic rings. The first-order chi connectivity index (χ1) is 13.2. The SMILES string of the molecule is C[Si](C)(N1CCOC1)[Si](c1ccccc1)(c1ccccc1)c1ccccc1. The quantitative estimate of drug-likeness (QED) is 0.491. The molecule has 1 heterocycles. The maximum Gasteiger partial charge on any atom is 0.156 e. The van der Waals surface area contributed by atoms with Crippen LogP contribution in [-0.2, 0) is 4.74 Å². The zero-order valence-corrected chi connectivity index (χ0v) is 18.1. The molecular weight excluding hydrogens is 362 g/mol. The molecule has 1 fully saturated rings. The first kappa shape index (κ1) is 18.4. The lowest BCUT2D eigenvalue weighted by atomic mass is 10.3. The third-order valence-corrected chi connectivity index (χ3v) is 22.5. The van der Waals surface area contributed by atoms with Crippen LogP contribution < -0.4 is 15.6 Å². The van der Waals surface area contributed by atoms with E-state index in [-0.39, 0.29) is 0 Å². The van der Waals surface area contributed by atoms with Crippen LogP contribution in [0.2, 0.25) is 13.1 Å². The van der Waals surface area contributed by atoms with Crippen molar-refractivity contribution in [2.24, 2.45) is 0 Å². The largest absolute Gasteiger partial charge is 0.365 e. The summed E-state index contributed by atoms with van der Waals surface area (Å²) in [5.41, 5.74) is 0. The van der Waals surface area contributed by atoms with Crippen LogP contribution in [0.5, 0.6) is 0 Å². The van der Waals surface area contributed by atoms with Crippen LogP contribution in [0.1, 0.15) is 0 Å². The monoisotopic (exact) mass is 389 g/mol. The summed E-state index contributed by atoms with van der Waals surface area (Å²) in [5.74, 6) is 0. The molecule has 3 aromatic rings. The maximum atomic E-state index is 5.83. The second-order valence-corrected chi connectivity index (χ2v) is 20.6. The molecule has 1 aliphatic heterocycles. The molecule has 0 spiro atoms. The number of rotatable bonds is 5. The van der Waals surface area contributed by atoms with Crippen molar-refractivity contribution in [3.05, 3.63) is 91.0 Å². The minimum Gasteiger partial charge on any atom is -0.365 e. The van der Waals surface area contributed by atoms with Crippen molar-refractivity contribution in [2.75, 3.05) is 19.9 Å². The van der Waals surface area contributed by atoms with E-state index in [4.69, 9.17) is 4.74 Å². The molecule has 138 valence electrons. The van der Waals surface area contributed by atoms with Gasteiger partial charge in [-0.05, 0) is 0 Å². The lowest BCUT2D eigenvalue weighted by Gasteiger charge is -2.49. The summed E-state index contributed by atoms with van der Waals surface area (Å²) in [4.78, 5) is 0. The highest BCUT2D eigenvalue weighted by Crippen LogP contribution is 2.25. The summed E-state index contributed by atoms with van der Waals surface area (Å²) >= 11 is 0. The van der Waals surface area contributed by atoms with Gasteiger partial charge in [0.05, 0.1) is 13.3 Å². The fraction of sp³-hybridized carbons (Fsp3) is 0.217. The van der Waals surface area contributed by atoms with Gasteiger partial charge in [-0.1, -0.05) is 120 Å². The molecule has 0 radical (unpaired) electrons. The summed E-state index contributed by atoms with van der Waals surface area (Å²) in [6.45, 7) is 7.77. The van der Waals surface area contributed by atoms with E-state index >= 15 is 0 Å². The summed E-state index contributed by atoms with van der Waals surface area (Å²) in [7, 11) is -4.16. The van der Waals surface area contributed by atoms with E-state index in [0.29, 0.717) is 0 Å². The van der Waals surface area contributed by atoms with Gasteiger partial charge in [0.1, 0.15) is 7.75 Å². The van der Waals surface area contributed by atoms with Crippen molar-refractivity contribution in [1.29, 1.82) is 0 Å². The lowest BCUT2D eigenvalue weighted by Crippen LogP contribution is -2.85. The van der Waals surface area contributed by atoms with Crippen LogP contribution in [0.25, 0.3) is 0 Å². The fourth-order valence-corrected chi connectivity index (χ4v) is 21.3. The standard InChI is InChI=1S/C23H27NOSi2/c1-26(2,24-18-19-25-20-24)27(21-12-6-3-7-13-21,22-14-8-4-9-15-22)23-16-10-5-11-17-23/h3-17H,18-20H2,1-2H3. The van der Waals surface area contributed by atoms with E-state index < -0.39 is 15.3 Å². The van der Waals surface area contributed by atoms with Crippen molar-refractivity contribution in [3.8, 4) is 0 Å². The third kappa shape index (κ3) is 3.03. The second-order valence-electron chi connectivity index (χ2n) is 7.71. The highest BCUT2D eigenvalue weighted by Gasteiger charge is 2.56. The summed E-state index contributed by atoms with van der Waals surface area (Å²) in [6.07, 6.45) is 0. The van der Waals surface area contributed by atoms with Crippen molar-refractivity contribution in [2.45, 2.75) is 13.1 Å². The van der Waals surface area contributed by atoms with E-state index in [9.17, 15) is 0 Å². The molecule has 0 aromatic heterocycles. The van der Waals surface area contributed by atoms with Crippen LogP contribution in [0, 0.1) is 0 Å². The molecule has 0 saturated carbocycles. The van der Waals surface area contributed by atoms with Gasteiger partial charge in [0.2, 0.25) is 0 Å². The van der Waals surface area contributed by atoms with E-state index in [1.54, 1.807) is 0 Å². The first-order valence-corrected chi connectivity index (χ1v) is 15.6. The minimum absolute atomic E-state index is 0.764. The molecular formula is C23H27NOSi2. The van der Waals surface area contributed by atoms with Gasteiger partial charge in [-0.2, -0.15) is 0 Å². The van der Waals surface area contributed by atoms with Crippen molar-refractivity contribution >= 4 is 30.9 Å². The smallest absolute Gasteiger partial charge is 0.156 e. The Morgan fingerprint density at radius 2 is 1.07 bits per heavy atom. The zero-order chi connectivity index (χ0) is 18.7. The Labute approximate surface area is 164 Å². The predicted molar refractivity (Wildman–Crippen MR) is 119 cm³/mol. The molecule has 1 saturated heterocycles. The number of ether oxygens (including phenoxy) is 1. The summed E-state index contributed by atoms with van der Waals surface area (Å²) in [6, 6.07) is 33.8. The topological polar surface area (TPSA) is 12.5 Å². The highest BCUT2D eigenvalue weighted by molar-refractivity contribution is 7.55. The first-order valence-electron chi connectivity index (χ1n) is 9.67. The van der Waals surface area contributed by atoms with Crippen molar-refractivity contribution in [1.82, 2.24) is 4.57 Å². The molecule has 0 bridgehead atoms. The Balaban J connectivity index is 2.06. The van der Waals surface area contributed by atoms with Gasteiger partial charge in [0, 0.05) is 6.54 Å². The van der Waals surface area contributed by atoms with Gasteiger partial charge >= 0.3 is 0 Å². The lowest BCUT2D eigenvalue weighted by molar-refractivity contribution is 0.170. The number of nitrogens with zero attached hydrogens (tertiary/aromatic N) is 1. The molecule has 0 amide bonds. The second kappa shape index (κ2) is 7.56. The Hall–Kier alpha value is -1.99. The number of hydrogen-bond donors (Lipinski definition) is 0. The van der Waals surface area contributed by atoms with Crippen LogP contribution in [0.4, 0.5) is 0 Å². The van der Waals surface area contributed by atoms with E-state index in [1.165, 1.54) is 15.6 Å². The molecule has 27 heavy (non-hydrogen) atoms. The fourth-order valence-electron chi connectivity index (χ4n) is 4.72. The molecule has 3 aromatic carbocycles. The average molecular weight is 390 g/mol. The Morgan fingerprint density at radius 3 is 1.41 bits per heavy atom. The van der Waals surface area contributed by atoms with E-state index in [1.807, 2.05) is 0 Å². The zero-order valence-electron chi connectivity index (χ0n) is 16.1. The molecule has 0 unspecified atom stereocenters. The average Bonchev–Trinajstić information content (AvgIpc) is 3.27. The Morgan fingerprint density at radius 1 is 0.667 bits per heavy atom. The third-order valence-electron chi connectivity index (χ3n) is 6.08. The van der Waals surface area contributed by atoms with Crippen LogP contribution >= 0.6 is 0 Å². The normalized spacial score (nSPS) is 15.8. The molecule has 0 N–H and O–H groups in total. The van der Waals surface area contributed by atoms with Gasteiger partial charge in [-0.15, -0.1) is 0 Å². The Kier molecular flexibility index (Phi) is 5.15. The molecule has 2 nitrogen and oxygen atoms in total. The van der Waals surface area contributed by atoms with Crippen molar-refractivity contribution in [3.63, 3.8) is 0 Å².